The van der Waals surface area contributed by atoms with Crippen molar-refractivity contribution in [2.24, 2.45) is 28.1 Å². The van der Waals surface area contributed by atoms with Gasteiger partial charge >= 0.3 is 0 Å². The first kappa shape index (κ1) is 46.8. The zero-order chi connectivity index (χ0) is 51.1. The second kappa shape index (κ2) is 15.3. The normalized spacial score (nSPS) is 26.0. The molecule has 0 amide bonds. The van der Waals surface area contributed by atoms with E-state index in [2.05, 4.69) is 233 Å². The Kier molecular flexibility index (Phi) is 9.80. The Labute approximate surface area is 436 Å². The summed E-state index contributed by atoms with van der Waals surface area (Å²) < 4.78 is 7.08. The molecule has 4 heteroatoms. The second-order valence-electron chi connectivity index (χ2n) is 27.4. The maximum Gasteiger partial charge on any atom is 0.159 e. The Bertz CT molecular complexity index is 3530. The third-order valence-electron chi connectivity index (χ3n) is 19.7. The number of hydrogen-bond donors (Lipinski definition) is 0. The van der Waals surface area contributed by atoms with E-state index in [1.165, 1.54) is 110 Å². The van der Waals surface area contributed by atoms with Crippen LogP contribution in [-0.4, -0.2) is 11.6 Å². The van der Waals surface area contributed by atoms with Gasteiger partial charge in [-0.05, 0) is 141 Å². The molecule has 5 atom stereocenters. The molecule has 4 nitrogen and oxygen atoms in total. The van der Waals surface area contributed by atoms with Gasteiger partial charge in [-0.2, -0.15) is 0 Å². The van der Waals surface area contributed by atoms with Crippen LogP contribution in [0.2, 0.25) is 0 Å². The number of anilines is 5. The van der Waals surface area contributed by atoms with Gasteiger partial charge in [-0.25, -0.2) is 0 Å². The number of fused-ring (bicyclic) bond motifs is 12. The fourth-order valence-corrected chi connectivity index (χ4v) is 15.4. The Morgan fingerprint density at radius 3 is 2.18 bits per heavy atom. The Morgan fingerprint density at radius 1 is 0.671 bits per heavy atom. The lowest BCUT2D eigenvalue weighted by Gasteiger charge is -2.52. The van der Waals surface area contributed by atoms with Gasteiger partial charge in [-0.1, -0.05) is 187 Å². The van der Waals surface area contributed by atoms with E-state index in [0.29, 0.717) is 11.8 Å². The van der Waals surface area contributed by atoms with Crippen molar-refractivity contribution in [1.82, 2.24) is 0 Å². The number of furan rings is 1. The van der Waals surface area contributed by atoms with Gasteiger partial charge in [-0.15, -0.1) is 0 Å². The molecule has 0 bridgehead atoms. The fraction of sp³-hybridized carbons (Fsp3) is 0.420. The van der Waals surface area contributed by atoms with Crippen molar-refractivity contribution >= 4 is 61.5 Å². The van der Waals surface area contributed by atoms with Crippen LogP contribution in [0, 0.1) is 35.0 Å². The molecule has 6 aromatic rings. The van der Waals surface area contributed by atoms with Crippen molar-refractivity contribution < 1.29 is 4.42 Å². The Hall–Kier alpha value is -6.00. The van der Waals surface area contributed by atoms with Crippen molar-refractivity contribution in [2.75, 3.05) is 14.7 Å². The molecule has 1 saturated carbocycles. The molecule has 0 N–H and O–H groups in total. The van der Waals surface area contributed by atoms with Gasteiger partial charge in [0.25, 0.3) is 0 Å². The first-order chi connectivity index (χ1) is 34.5. The number of nitrogens with zero attached hydrogens (tertiary/aromatic N) is 3. The molecule has 7 aliphatic rings. The maximum absolute atomic E-state index is 7.08. The van der Waals surface area contributed by atoms with Crippen LogP contribution in [-0.2, 0) is 17.3 Å². The minimum atomic E-state index is -0.111. The molecule has 13 rings (SSSR count). The largest absolute Gasteiger partial charge is 0.454 e. The van der Waals surface area contributed by atoms with Crippen LogP contribution < -0.4 is 14.7 Å². The SMILES string of the molecule is Cc1cc(N2C3C=CC(C(C)(C)C)=CC3C3(C)CCCCC23C)cc2c1N(c1cc(C(C)(C)C)cc3c1CC1=C3C(C)(C)c3ccccc31)C1=CCC(C(C)(C)C)C=C1N2c1cccc2c1oc1ccccc12. The number of para-hydroxylation sites is 2. The molecule has 2 fully saturated rings. The lowest BCUT2D eigenvalue weighted by molar-refractivity contribution is 0.0976. The quantitative estimate of drug-likeness (QED) is 0.176. The zero-order valence-electron chi connectivity index (χ0n) is 46.3. The van der Waals surface area contributed by atoms with Crippen molar-refractivity contribution in [1.29, 1.82) is 0 Å². The summed E-state index contributed by atoms with van der Waals surface area (Å²) in [6, 6.07) is 35.3. The summed E-state index contributed by atoms with van der Waals surface area (Å²) in [6.45, 7) is 34.2. The molecule has 0 radical (unpaired) electrons. The van der Waals surface area contributed by atoms with Gasteiger partial charge in [0.1, 0.15) is 5.58 Å². The lowest BCUT2D eigenvalue weighted by Crippen LogP contribution is -2.54. The standard InChI is InChI=1S/C69H77N3O/c1-41-34-45(72-54-30-28-42(64(2,3)4)36-53(54)68(13)32-19-20-33-69(68,72)14)39-59-62(41)71(57-38-44(66(8,9)10)35-50-49(57)40-51-46-22-15-17-25-52(46)67(11,12)61(50)51)55-31-29-43(65(5,6)7)37-58(55)70(59)56-26-21-24-48-47-23-16-18-27-60(47)73-63(48)56/h15-18,21-28,30-31,34-39,43,53-54H,19-20,29,32-33,40H2,1-14H3. The fourth-order valence-electron chi connectivity index (χ4n) is 15.4. The number of allylic oxidation sites excluding steroid dienone is 6. The first-order valence-electron chi connectivity index (χ1n) is 27.8. The van der Waals surface area contributed by atoms with Gasteiger partial charge in [0.05, 0.1) is 40.2 Å². The molecule has 73 heavy (non-hydrogen) atoms. The average molecular weight is 964 g/mol. The van der Waals surface area contributed by atoms with E-state index in [1.54, 1.807) is 0 Å². The average Bonchev–Trinajstić information content (AvgIpc) is 4.05. The molecular formula is C69H77N3O. The number of benzene rings is 5. The van der Waals surface area contributed by atoms with E-state index in [1.807, 2.05) is 0 Å². The predicted molar refractivity (Wildman–Crippen MR) is 309 cm³/mol. The van der Waals surface area contributed by atoms with Crippen molar-refractivity contribution in [3.05, 3.63) is 172 Å². The summed E-state index contributed by atoms with van der Waals surface area (Å²) in [7, 11) is 0. The highest BCUT2D eigenvalue weighted by Crippen LogP contribution is 2.65. The lowest BCUT2D eigenvalue weighted by atomic mass is 9.58. The van der Waals surface area contributed by atoms with Crippen molar-refractivity contribution in [3.63, 3.8) is 0 Å². The van der Waals surface area contributed by atoms with Crippen LogP contribution in [0.4, 0.5) is 28.4 Å². The van der Waals surface area contributed by atoms with E-state index in [9.17, 15) is 0 Å². The second-order valence-corrected chi connectivity index (χ2v) is 27.4. The predicted octanol–water partition coefficient (Wildman–Crippen LogP) is 18.8. The van der Waals surface area contributed by atoms with E-state index >= 15 is 0 Å². The molecule has 2 aliphatic heterocycles. The van der Waals surface area contributed by atoms with Crippen LogP contribution in [0.1, 0.15) is 155 Å². The van der Waals surface area contributed by atoms with Crippen LogP contribution in [0.15, 0.2) is 143 Å². The van der Waals surface area contributed by atoms with E-state index in [-0.39, 0.29) is 38.7 Å². The van der Waals surface area contributed by atoms with Gasteiger partial charge in [0, 0.05) is 39.8 Å². The summed E-state index contributed by atoms with van der Waals surface area (Å²) in [6.07, 6.45) is 19.9. The Balaban J connectivity index is 1.11. The van der Waals surface area contributed by atoms with Crippen LogP contribution in [0.3, 0.4) is 0 Å². The van der Waals surface area contributed by atoms with E-state index in [0.717, 1.165) is 40.5 Å². The van der Waals surface area contributed by atoms with Crippen LogP contribution in [0.5, 0.6) is 0 Å². The molecule has 5 aromatic carbocycles. The molecule has 5 unspecified atom stereocenters. The van der Waals surface area contributed by atoms with E-state index < -0.39 is 0 Å². The third-order valence-corrected chi connectivity index (χ3v) is 19.7. The summed E-state index contributed by atoms with van der Waals surface area (Å²) in [5, 5.41) is 2.31. The van der Waals surface area contributed by atoms with Gasteiger partial charge in [0.2, 0.25) is 0 Å². The smallest absolute Gasteiger partial charge is 0.159 e. The minimum Gasteiger partial charge on any atom is -0.454 e. The van der Waals surface area contributed by atoms with Crippen LogP contribution in [0.25, 0.3) is 33.1 Å². The van der Waals surface area contributed by atoms with Gasteiger partial charge in [0.15, 0.2) is 5.58 Å². The van der Waals surface area contributed by atoms with Gasteiger partial charge in [-0.3, -0.25) is 0 Å². The summed E-state index contributed by atoms with van der Waals surface area (Å²) in [4.78, 5) is 8.32. The zero-order valence-corrected chi connectivity index (χ0v) is 46.3. The molecular weight excluding hydrogens is 887 g/mol. The molecule has 5 aliphatic carbocycles. The maximum atomic E-state index is 7.08. The molecule has 1 saturated heterocycles. The van der Waals surface area contributed by atoms with Crippen LogP contribution >= 0.6 is 0 Å². The monoisotopic (exact) mass is 964 g/mol. The highest BCUT2D eigenvalue weighted by Gasteiger charge is 2.63. The number of aryl methyl sites for hydroxylation is 1. The molecule has 374 valence electrons. The minimum absolute atomic E-state index is 0.0446. The summed E-state index contributed by atoms with van der Waals surface area (Å²) >= 11 is 0. The summed E-state index contributed by atoms with van der Waals surface area (Å²) in [5.41, 5.74) is 23.5. The summed E-state index contributed by atoms with van der Waals surface area (Å²) in [5.74, 6) is 0.739. The first-order valence-corrected chi connectivity index (χ1v) is 27.8. The molecule has 0 spiro atoms. The van der Waals surface area contributed by atoms with Crippen molar-refractivity contribution in [2.45, 2.75) is 158 Å². The number of rotatable bonds is 3. The molecule has 1 aromatic heterocycles. The topological polar surface area (TPSA) is 22.9 Å². The highest BCUT2D eigenvalue weighted by molar-refractivity contribution is 6.12. The molecule has 3 heterocycles. The Morgan fingerprint density at radius 2 is 1.41 bits per heavy atom. The highest BCUT2D eigenvalue weighted by atomic mass is 16.3. The van der Waals surface area contributed by atoms with E-state index in [4.69, 9.17) is 4.42 Å². The number of hydrogen-bond acceptors (Lipinski definition) is 4. The van der Waals surface area contributed by atoms with Crippen molar-refractivity contribution in [3.8, 4) is 0 Å². The van der Waals surface area contributed by atoms with Gasteiger partial charge < -0.3 is 19.1 Å². The third kappa shape index (κ3) is 6.50.